The molecule has 0 radical (unpaired) electrons. The largest absolute Gasteiger partial charge is 0.382 e. The lowest BCUT2D eigenvalue weighted by Gasteiger charge is -2.25. The lowest BCUT2D eigenvalue weighted by molar-refractivity contribution is 0.0702. The normalized spacial score (nSPS) is 15.4. The Bertz CT molecular complexity index is 961. The molecule has 8 nitrogen and oxygen atoms in total. The van der Waals surface area contributed by atoms with E-state index in [1.54, 1.807) is 31.2 Å². The minimum atomic E-state index is -3.70. The van der Waals surface area contributed by atoms with Gasteiger partial charge in [0.1, 0.15) is 0 Å². The predicted molar refractivity (Wildman–Crippen MR) is 132 cm³/mol. The molecule has 0 saturated carbocycles. The van der Waals surface area contributed by atoms with E-state index in [-0.39, 0.29) is 12.5 Å². The Balaban J connectivity index is 1.97. The monoisotopic (exact) mass is 493 g/mol. The van der Waals surface area contributed by atoms with Gasteiger partial charge in [0.05, 0.1) is 30.1 Å². The van der Waals surface area contributed by atoms with Crippen LogP contribution >= 0.6 is 19.4 Å². The number of thioether (sulfide) groups is 1. The van der Waals surface area contributed by atoms with Crippen molar-refractivity contribution in [2.24, 2.45) is 16.1 Å². The molecule has 33 heavy (non-hydrogen) atoms. The van der Waals surface area contributed by atoms with Crippen LogP contribution in [0.1, 0.15) is 31.1 Å². The van der Waals surface area contributed by atoms with Crippen LogP contribution in [-0.2, 0) is 13.8 Å². The standard InChI is InChI=1S/C23H32N3O5PS/c1-16(2)15-33-21-12-10-20(11-13-21)26-25-19-8-6-18(7-9-19)23(27)24-22(14-30-4)17(3)31-32(5,28)29/h6-13,16-17,22H,14-15H2,1-5H3,(H,24,27)(H,28,29)/b26-25+/t17-,22-/m1/s1. The highest BCUT2D eigenvalue weighted by Gasteiger charge is 2.26. The summed E-state index contributed by atoms with van der Waals surface area (Å²) in [5.74, 6) is 1.35. The van der Waals surface area contributed by atoms with E-state index in [1.807, 2.05) is 36.0 Å². The molecule has 0 heterocycles. The summed E-state index contributed by atoms with van der Waals surface area (Å²) in [6.45, 7) is 7.23. The lowest BCUT2D eigenvalue weighted by Crippen LogP contribution is -2.45. The van der Waals surface area contributed by atoms with Gasteiger partial charge in [0.2, 0.25) is 0 Å². The van der Waals surface area contributed by atoms with Gasteiger partial charge in [-0.2, -0.15) is 10.2 Å². The summed E-state index contributed by atoms with van der Waals surface area (Å²) in [5.41, 5.74) is 1.78. The molecular formula is C23H32N3O5PS. The molecule has 2 N–H and O–H groups in total. The molecule has 2 aromatic rings. The summed E-state index contributed by atoms with van der Waals surface area (Å²) in [4.78, 5) is 23.2. The van der Waals surface area contributed by atoms with Crippen molar-refractivity contribution in [3.8, 4) is 0 Å². The second-order valence-corrected chi connectivity index (χ2v) is 11.0. The van der Waals surface area contributed by atoms with Crippen molar-refractivity contribution in [1.29, 1.82) is 0 Å². The van der Waals surface area contributed by atoms with Crippen molar-refractivity contribution in [3.63, 3.8) is 0 Å². The molecule has 3 atom stereocenters. The van der Waals surface area contributed by atoms with Crippen LogP contribution in [0.2, 0.25) is 0 Å². The minimum Gasteiger partial charge on any atom is -0.382 e. The number of hydrogen-bond acceptors (Lipinski definition) is 7. The Morgan fingerprint density at radius 2 is 1.61 bits per heavy atom. The number of azo groups is 1. The summed E-state index contributed by atoms with van der Waals surface area (Å²) >= 11 is 1.82. The van der Waals surface area contributed by atoms with Crippen molar-refractivity contribution in [1.82, 2.24) is 5.32 Å². The maximum atomic E-state index is 12.6. The highest BCUT2D eigenvalue weighted by molar-refractivity contribution is 7.99. The third-order valence-electron chi connectivity index (χ3n) is 4.42. The number of rotatable bonds is 12. The molecule has 1 amide bonds. The van der Waals surface area contributed by atoms with Crippen LogP contribution in [0.15, 0.2) is 63.7 Å². The topological polar surface area (TPSA) is 110 Å². The molecule has 0 saturated heterocycles. The number of carbonyl (C=O) groups is 1. The van der Waals surface area contributed by atoms with E-state index in [0.717, 1.165) is 18.1 Å². The molecule has 2 rings (SSSR count). The molecule has 0 aromatic heterocycles. The Labute approximate surface area is 199 Å². The number of benzene rings is 2. The second-order valence-electron chi connectivity index (χ2n) is 8.09. The number of carbonyl (C=O) groups excluding carboxylic acids is 1. The van der Waals surface area contributed by atoms with Gasteiger partial charge in [-0.25, -0.2) is 0 Å². The van der Waals surface area contributed by atoms with Gasteiger partial charge in [0, 0.05) is 30.0 Å². The van der Waals surface area contributed by atoms with Crippen LogP contribution in [0.5, 0.6) is 0 Å². The minimum absolute atomic E-state index is 0.133. The number of amides is 1. The average molecular weight is 494 g/mol. The zero-order valence-electron chi connectivity index (χ0n) is 19.6. The highest BCUT2D eigenvalue weighted by Crippen LogP contribution is 2.38. The fraction of sp³-hybridized carbons (Fsp3) is 0.435. The van der Waals surface area contributed by atoms with E-state index < -0.39 is 19.7 Å². The Morgan fingerprint density at radius 1 is 1.06 bits per heavy atom. The maximum Gasteiger partial charge on any atom is 0.325 e. The predicted octanol–water partition coefficient (Wildman–Crippen LogP) is 5.82. The smallest absolute Gasteiger partial charge is 0.325 e. The molecule has 0 spiro atoms. The average Bonchev–Trinajstić information content (AvgIpc) is 2.75. The first-order chi connectivity index (χ1) is 15.6. The molecule has 180 valence electrons. The van der Waals surface area contributed by atoms with Crippen LogP contribution in [0.25, 0.3) is 0 Å². The van der Waals surface area contributed by atoms with Gasteiger partial charge in [0.25, 0.3) is 5.91 Å². The molecule has 0 bridgehead atoms. The van der Waals surface area contributed by atoms with Crippen molar-refractivity contribution in [3.05, 3.63) is 54.1 Å². The van der Waals surface area contributed by atoms with Crippen molar-refractivity contribution >= 4 is 36.6 Å². The first-order valence-electron chi connectivity index (χ1n) is 10.6. The Morgan fingerprint density at radius 3 is 2.09 bits per heavy atom. The number of nitrogens with zero attached hydrogens (tertiary/aromatic N) is 2. The lowest BCUT2D eigenvalue weighted by atomic mass is 10.1. The molecule has 10 heteroatoms. The van der Waals surface area contributed by atoms with Crippen LogP contribution in [-0.4, -0.2) is 49.1 Å². The van der Waals surface area contributed by atoms with E-state index >= 15 is 0 Å². The maximum absolute atomic E-state index is 12.6. The summed E-state index contributed by atoms with van der Waals surface area (Å²) in [7, 11) is -2.22. The van der Waals surface area contributed by atoms with Gasteiger partial charge in [0.15, 0.2) is 0 Å². The van der Waals surface area contributed by atoms with E-state index in [1.165, 1.54) is 12.0 Å². The fourth-order valence-corrected chi connectivity index (χ4v) is 4.39. The first kappa shape index (κ1) is 27.2. The van der Waals surface area contributed by atoms with Crippen molar-refractivity contribution in [2.75, 3.05) is 26.1 Å². The molecule has 0 aliphatic rings. The van der Waals surface area contributed by atoms with Crippen molar-refractivity contribution < 1.29 is 23.5 Å². The van der Waals surface area contributed by atoms with Crippen LogP contribution in [0.4, 0.5) is 11.4 Å². The Hall–Kier alpha value is -2.03. The molecule has 0 aliphatic heterocycles. The fourth-order valence-electron chi connectivity index (χ4n) is 2.77. The van der Waals surface area contributed by atoms with Crippen LogP contribution < -0.4 is 5.32 Å². The number of hydrogen-bond donors (Lipinski definition) is 2. The van der Waals surface area contributed by atoms with Crippen LogP contribution in [0, 0.1) is 5.92 Å². The van der Waals surface area contributed by atoms with E-state index in [2.05, 4.69) is 29.4 Å². The van der Waals surface area contributed by atoms with Gasteiger partial charge in [-0.05, 0) is 61.4 Å². The van der Waals surface area contributed by atoms with Gasteiger partial charge in [-0.1, -0.05) is 13.8 Å². The van der Waals surface area contributed by atoms with Crippen molar-refractivity contribution in [2.45, 2.75) is 37.8 Å². The summed E-state index contributed by atoms with van der Waals surface area (Å²) in [6.07, 6.45) is -0.710. The SMILES string of the molecule is COC[C@@H](NC(=O)c1ccc(/N=N/c2ccc(SCC(C)C)cc2)cc1)[C@@H](C)O[P@](C)(=O)O. The molecular weight excluding hydrogens is 461 g/mol. The third kappa shape index (κ3) is 10.2. The van der Waals surface area contributed by atoms with Gasteiger partial charge >= 0.3 is 7.60 Å². The molecule has 0 fully saturated rings. The van der Waals surface area contributed by atoms with E-state index in [4.69, 9.17) is 9.26 Å². The quantitative estimate of drug-likeness (QED) is 0.219. The first-order valence-corrected chi connectivity index (χ1v) is 13.6. The molecule has 0 unspecified atom stereocenters. The van der Waals surface area contributed by atoms with E-state index in [9.17, 15) is 14.3 Å². The van der Waals surface area contributed by atoms with E-state index in [0.29, 0.717) is 17.2 Å². The molecule has 0 aliphatic carbocycles. The van der Waals surface area contributed by atoms with Gasteiger partial charge in [-0.15, -0.1) is 11.8 Å². The highest BCUT2D eigenvalue weighted by atomic mass is 32.2. The van der Waals surface area contributed by atoms with Gasteiger partial charge < -0.3 is 19.5 Å². The number of ether oxygens (including phenoxy) is 1. The zero-order valence-corrected chi connectivity index (χ0v) is 21.3. The zero-order chi connectivity index (χ0) is 24.4. The summed E-state index contributed by atoms with van der Waals surface area (Å²) in [6, 6.07) is 14.0. The van der Waals surface area contributed by atoms with Gasteiger partial charge in [-0.3, -0.25) is 9.36 Å². The second kappa shape index (κ2) is 13.0. The van der Waals surface area contributed by atoms with Crippen LogP contribution in [0.3, 0.4) is 0 Å². The number of methoxy groups -OCH3 is 1. The summed E-state index contributed by atoms with van der Waals surface area (Å²) in [5, 5.41) is 11.3. The third-order valence-corrected chi connectivity index (χ3v) is 6.58. The molecule has 2 aromatic carbocycles. The Kier molecular flexibility index (Phi) is 10.7. The number of nitrogens with one attached hydrogen (secondary N) is 1. The summed E-state index contributed by atoms with van der Waals surface area (Å²) < 4.78 is 21.7.